The third kappa shape index (κ3) is 10.0. The van der Waals surface area contributed by atoms with Crippen LogP contribution in [0.5, 0.6) is 11.5 Å². The summed E-state index contributed by atoms with van der Waals surface area (Å²) in [5, 5.41) is 24.2. The van der Waals surface area contributed by atoms with Crippen LogP contribution in [0.2, 0.25) is 0 Å². The number of benzene rings is 1. The lowest BCUT2D eigenvalue weighted by Crippen LogP contribution is -2.35. The van der Waals surface area contributed by atoms with Gasteiger partial charge in [-0.3, -0.25) is 19.4 Å². The van der Waals surface area contributed by atoms with Crippen molar-refractivity contribution in [3.05, 3.63) is 23.8 Å². The van der Waals surface area contributed by atoms with Gasteiger partial charge in [0, 0.05) is 38.0 Å². The number of fused-ring (bicyclic) bond motifs is 1. The van der Waals surface area contributed by atoms with Crippen LogP contribution in [0.1, 0.15) is 31.2 Å². The first-order valence-electron chi connectivity index (χ1n) is 12.2. The zero-order chi connectivity index (χ0) is 25.5. The van der Waals surface area contributed by atoms with Gasteiger partial charge in [0.15, 0.2) is 11.5 Å². The highest BCUT2D eigenvalue weighted by atomic mass is 16.5. The van der Waals surface area contributed by atoms with E-state index in [2.05, 4.69) is 21.9 Å². The van der Waals surface area contributed by atoms with Crippen molar-refractivity contribution in [1.29, 1.82) is 0 Å². The predicted octanol–water partition coefficient (Wildman–Crippen LogP) is 1.79. The van der Waals surface area contributed by atoms with Gasteiger partial charge in [-0.05, 0) is 43.6 Å². The van der Waals surface area contributed by atoms with Gasteiger partial charge in [-0.1, -0.05) is 18.9 Å². The molecule has 0 saturated carbocycles. The molecule has 1 aromatic carbocycles. The number of carbonyl (C=O) groups is 2. The van der Waals surface area contributed by atoms with Crippen molar-refractivity contribution in [2.75, 3.05) is 59.7 Å². The van der Waals surface area contributed by atoms with E-state index in [1.165, 1.54) is 44.3 Å². The van der Waals surface area contributed by atoms with Crippen molar-refractivity contribution in [3.63, 3.8) is 0 Å². The van der Waals surface area contributed by atoms with E-state index in [1.807, 2.05) is 6.07 Å². The Hall–Kier alpha value is -2.40. The molecule has 3 aliphatic heterocycles. The SMILES string of the molecule is COc1cc(CN2CCCCCC2)ccc1OCC(O)CN1C[C@H]2COC[C@H]2C1.O=CO.O=CO. The second-order valence-electron chi connectivity index (χ2n) is 9.13. The molecule has 0 aliphatic carbocycles. The largest absolute Gasteiger partial charge is 0.493 e. The quantitative estimate of drug-likeness (QED) is 0.458. The van der Waals surface area contributed by atoms with Crippen LogP contribution in [0, 0.1) is 11.8 Å². The summed E-state index contributed by atoms with van der Waals surface area (Å²) in [6, 6.07) is 6.18. The first-order valence-corrected chi connectivity index (χ1v) is 12.2. The van der Waals surface area contributed by atoms with E-state index in [4.69, 9.17) is 34.0 Å². The lowest BCUT2D eigenvalue weighted by molar-refractivity contribution is -0.123. The summed E-state index contributed by atoms with van der Waals surface area (Å²) in [4.78, 5) is 21.6. The van der Waals surface area contributed by atoms with Crippen LogP contribution in [0.4, 0.5) is 0 Å². The summed E-state index contributed by atoms with van der Waals surface area (Å²) in [6.45, 7) is 7.54. The number of carboxylic acid groups (broad SMARTS) is 2. The molecule has 0 aromatic heterocycles. The van der Waals surface area contributed by atoms with Gasteiger partial charge in [0.05, 0.1) is 20.3 Å². The Morgan fingerprint density at radius 2 is 1.60 bits per heavy atom. The molecule has 198 valence electrons. The van der Waals surface area contributed by atoms with E-state index in [-0.39, 0.29) is 19.6 Å². The smallest absolute Gasteiger partial charge is 0.290 e. The van der Waals surface area contributed by atoms with E-state index >= 15 is 0 Å². The zero-order valence-electron chi connectivity index (χ0n) is 20.6. The highest BCUT2D eigenvalue weighted by Crippen LogP contribution is 2.30. The number of aliphatic hydroxyl groups is 1. The second-order valence-corrected chi connectivity index (χ2v) is 9.13. The number of aliphatic hydroxyl groups excluding tert-OH is 1. The third-order valence-corrected chi connectivity index (χ3v) is 6.55. The van der Waals surface area contributed by atoms with Crippen LogP contribution in [-0.2, 0) is 20.9 Å². The molecule has 0 radical (unpaired) electrons. The normalized spacial score (nSPS) is 22.9. The highest BCUT2D eigenvalue weighted by molar-refractivity contribution is 5.43. The lowest BCUT2D eigenvalue weighted by atomic mass is 10.0. The van der Waals surface area contributed by atoms with Gasteiger partial charge in [-0.25, -0.2) is 0 Å². The number of methoxy groups -OCH3 is 1. The van der Waals surface area contributed by atoms with Crippen molar-refractivity contribution in [2.45, 2.75) is 38.3 Å². The highest BCUT2D eigenvalue weighted by Gasteiger charge is 2.37. The molecule has 0 bridgehead atoms. The van der Waals surface area contributed by atoms with Gasteiger partial charge >= 0.3 is 0 Å². The fraction of sp³-hybridized carbons (Fsp3) is 0.680. The maximum atomic E-state index is 10.4. The minimum absolute atomic E-state index is 0.250. The van der Waals surface area contributed by atoms with E-state index in [9.17, 15) is 5.11 Å². The Bertz CT molecular complexity index is 724. The molecule has 1 unspecified atom stereocenters. The van der Waals surface area contributed by atoms with Crippen molar-refractivity contribution >= 4 is 12.9 Å². The predicted molar refractivity (Wildman–Crippen MR) is 130 cm³/mol. The zero-order valence-corrected chi connectivity index (χ0v) is 20.6. The standard InChI is InChI=1S/C23H36N2O4.2CH2O2/c1-27-23-10-18(11-24-8-4-2-3-5-9-24)6-7-22(23)29-17-21(26)14-25-12-19-15-28-16-20(19)13-25;2*2-1-3/h6-7,10,19-21,26H,2-5,8-9,11-17H2,1H3;2*1H,(H,2,3)/t19-,20+,21?;;. The van der Waals surface area contributed by atoms with E-state index in [1.54, 1.807) is 7.11 Å². The molecule has 3 N–H and O–H groups in total. The van der Waals surface area contributed by atoms with Gasteiger partial charge in [-0.15, -0.1) is 0 Å². The molecule has 3 saturated heterocycles. The average molecular weight is 497 g/mol. The summed E-state index contributed by atoms with van der Waals surface area (Å²) >= 11 is 0. The molecule has 0 amide bonds. The van der Waals surface area contributed by atoms with Crippen LogP contribution in [0.15, 0.2) is 18.2 Å². The number of rotatable bonds is 8. The summed E-state index contributed by atoms with van der Waals surface area (Å²) in [6.07, 6.45) is 4.78. The number of hydrogen-bond donors (Lipinski definition) is 3. The minimum Gasteiger partial charge on any atom is -0.493 e. The first kappa shape index (κ1) is 28.8. The third-order valence-electron chi connectivity index (χ3n) is 6.55. The van der Waals surface area contributed by atoms with Crippen molar-refractivity contribution in [3.8, 4) is 11.5 Å². The monoisotopic (exact) mass is 496 g/mol. The number of β-amino-alcohol motifs (C(OH)–C–C–N with tert-alkyl or cyclic N) is 1. The van der Waals surface area contributed by atoms with Gasteiger partial charge < -0.3 is 29.5 Å². The molecule has 1 aromatic rings. The fourth-order valence-corrected chi connectivity index (χ4v) is 4.95. The fourth-order valence-electron chi connectivity index (χ4n) is 4.95. The van der Waals surface area contributed by atoms with Crippen LogP contribution >= 0.6 is 0 Å². The van der Waals surface area contributed by atoms with Gasteiger partial charge in [0.25, 0.3) is 12.9 Å². The number of ether oxygens (including phenoxy) is 3. The molecule has 0 spiro atoms. The van der Waals surface area contributed by atoms with Crippen LogP contribution < -0.4 is 9.47 Å². The van der Waals surface area contributed by atoms with Crippen molar-refractivity contribution in [2.24, 2.45) is 11.8 Å². The Morgan fingerprint density at radius 3 is 2.17 bits per heavy atom. The van der Waals surface area contributed by atoms with Crippen molar-refractivity contribution < 1.29 is 39.1 Å². The van der Waals surface area contributed by atoms with Gasteiger partial charge in [-0.2, -0.15) is 0 Å². The summed E-state index contributed by atoms with van der Waals surface area (Å²) in [7, 11) is 1.68. The summed E-state index contributed by atoms with van der Waals surface area (Å²) in [5.74, 6) is 2.73. The topological polar surface area (TPSA) is 129 Å². The second kappa shape index (κ2) is 16.3. The summed E-state index contributed by atoms with van der Waals surface area (Å²) in [5.41, 5.74) is 1.25. The van der Waals surface area contributed by atoms with Crippen LogP contribution in [-0.4, -0.2) is 104 Å². The molecular weight excluding hydrogens is 456 g/mol. The number of nitrogens with zero attached hydrogens (tertiary/aromatic N) is 2. The molecule has 35 heavy (non-hydrogen) atoms. The Morgan fingerprint density at radius 1 is 1.00 bits per heavy atom. The first-order chi connectivity index (χ1) is 17.0. The minimum atomic E-state index is -0.503. The molecule has 10 nitrogen and oxygen atoms in total. The Labute approximate surface area is 207 Å². The Balaban J connectivity index is 0.000000655. The maximum absolute atomic E-state index is 10.4. The molecule has 3 heterocycles. The molecular formula is C25H40N2O8. The molecule has 3 atom stereocenters. The van der Waals surface area contributed by atoms with Gasteiger partial charge in [0.1, 0.15) is 12.7 Å². The van der Waals surface area contributed by atoms with E-state index in [0.717, 1.165) is 38.6 Å². The molecule has 4 rings (SSSR count). The Kier molecular flexibility index (Phi) is 13.4. The van der Waals surface area contributed by atoms with E-state index < -0.39 is 6.10 Å². The van der Waals surface area contributed by atoms with Gasteiger partial charge in [0.2, 0.25) is 0 Å². The number of hydrogen-bond acceptors (Lipinski definition) is 8. The summed E-state index contributed by atoms with van der Waals surface area (Å²) < 4.78 is 17.0. The lowest BCUT2D eigenvalue weighted by Gasteiger charge is -2.22. The average Bonchev–Trinajstić information content (AvgIpc) is 3.33. The van der Waals surface area contributed by atoms with Crippen molar-refractivity contribution in [1.82, 2.24) is 9.80 Å². The molecule has 3 fully saturated rings. The number of likely N-dealkylation sites (tertiary alicyclic amines) is 2. The van der Waals surface area contributed by atoms with E-state index in [0.29, 0.717) is 24.1 Å². The molecule has 3 aliphatic rings. The van der Waals surface area contributed by atoms with Crippen LogP contribution in [0.25, 0.3) is 0 Å². The molecule has 10 heteroatoms. The maximum Gasteiger partial charge on any atom is 0.290 e. The van der Waals surface area contributed by atoms with Crippen LogP contribution in [0.3, 0.4) is 0 Å².